The molecule has 3 aliphatic rings. The second kappa shape index (κ2) is 16.5. The fourth-order valence-electron chi connectivity index (χ4n) is 5.55. The highest BCUT2D eigenvalue weighted by Crippen LogP contribution is 2.30. The standard InChI is InChI=1S/C22H42N2.2C2H4O2/c1-17-5-3-7-21(13-17)23-15-19-9-11-20(12-10-19)16-24-22-8-4-6-18(2)14-22;2*1-2(3)4/h17-24H,3-16H2,1-2H3;2*1H3,(H,3,4). The Balaban J connectivity index is 0.000000554. The van der Waals surface area contributed by atoms with Gasteiger partial charge in [-0.15, -0.1) is 0 Å². The number of carboxylic acid groups (broad SMARTS) is 2. The Morgan fingerprint density at radius 1 is 0.656 bits per heavy atom. The monoisotopic (exact) mass is 454 g/mol. The predicted octanol–water partition coefficient (Wildman–Crippen LogP) is 5.31. The fraction of sp³-hybridized carbons (Fsp3) is 0.923. The Bertz CT molecular complexity index is 466. The second-order valence-electron chi connectivity index (χ2n) is 10.7. The largest absolute Gasteiger partial charge is 0.481 e. The molecule has 4 N–H and O–H groups in total. The van der Waals surface area contributed by atoms with Crippen molar-refractivity contribution in [3.8, 4) is 0 Å². The van der Waals surface area contributed by atoms with Gasteiger partial charge in [0.15, 0.2) is 0 Å². The summed E-state index contributed by atoms with van der Waals surface area (Å²) >= 11 is 0. The van der Waals surface area contributed by atoms with E-state index in [0.717, 1.165) is 49.6 Å². The third-order valence-electron chi connectivity index (χ3n) is 7.23. The van der Waals surface area contributed by atoms with Gasteiger partial charge >= 0.3 is 0 Å². The van der Waals surface area contributed by atoms with Crippen LogP contribution in [0.4, 0.5) is 0 Å². The topological polar surface area (TPSA) is 98.7 Å². The molecule has 3 saturated carbocycles. The first-order valence-corrected chi connectivity index (χ1v) is 13.0. The highest BCUT2D eigenvalue weighted by molar-refractivity contribution is 5.63. The molecule has 3 rings (SSSR count). The third kappa shape index (κ3) is 14.8. The maximum atomic E-state index is 9.00. The first kappa shape index (κ1) is 28.9. The van der Waals surface area contributed by atoms with Crippen LogP contribution in [0, 0.1) is 23.7 Å². The Morgan fingerprint density at radius 2 is 0.969 bits per heavy atom. The van der Waals surface area contributed by atoms with Gasteiger partial charge in [-0.3, -0.25) is 9.59 Å². The molecule has 6 heteroatoms. The number of hydrogen-bond donors (Lipinski definition) is 4. The zero-order chi connectivity index (χ0) is 23.9. The lowest BCUT2D eigenvalue weighted by molar-refractivity contribution is -0.135. The predicted molar refractivity (Wildman–Crippen MR) is 131 cm³/mol. The molecule has 0 amide bonds. The van der Waals surface area contributed by atoms with Gasteiger partial charge in [0.2, 0.25) is 0 Å². The average molecular weight is 455 g/mol. The minimum atomic E-state index is -0.833. The van der Waals surface area contributed by atoms with Crippen LogP contribution in [0.15, 0.2) is 0 Å². The maximum Gasteiger partial charge on any atom is 0.300 e. The summed E-state index contributed by atoms with van der Waals surface area (Å²) in [6.45, 7) is 9.60. The van der Waals surface area contributed by atoms with Gasteiger partial charge in [0, 0.05) is 25.9 Å². The van der Waals surface area contributed by atoms with Crippen LogP contribution in [0.5, 0.6) is 0 Å². The molecule has 3 aliphatic carbocycles. The lowest BCUT2D eigenvalue weighted by atomic mass is 9.80. The lowest BCUT2D eigenvalue weighted by Gasteiger charge is -2.34. The maximum absolute atomic E-state index is 9.00. The van der Waals surface area contributed by atoms with Crippen molar-refractivity contribution in [2.24, 2.45) is 23.7 Å². The van der Waals surface area contributed by atoms with E-state index >= 15 is 0 Å². The molecule has 0 heterocycles. The smallest absolute Gasteiger partial charge is 0.300 e. The molecular weight excluding hydrogens is 404 g/mol. The van der Waals surface area contributed by atoms with Crippen LogP contribution in [0.1, 0.15) is 105 Å². The molecule has 0 bridgehead atoms. The number of aliphatic carboxylic acids is 2. The third-order valence-corrected chi connectivity index (χ3v) is 7.23. The summed E-state index contributed by atoms with van der Waals surface area (Å²) in [6, 6.07) is 1.64. The highest BCUT2D eigenvalue weighted by atomic mass is 16.4. The summed E-state index contributed by atoms with van der Waals surface area (Å²) < 4.78 is 0. The van der Waals surface area contributed by atoms with Crippen molar-refractivity contribution in [2.75, 3.05) is 13.1 Å². The minimum Gasteiger partial charge on any atom is -0.481 e. The van der Waals surface area contributed by atoms with Crippen molar-refractivity contribution >= 4 is 11.9 Å². The van der Waals surface area contributed by atoms with Gasteiger partial charge in [-0.25, -0.2) is 0 Å². The van der Waals surface area contributed by atoms with Crippen molar-refractivity contribution in [2.45, 2.75) is 117 Å². The van der Waals surface area contributed by atoms with E-state index in [2.05, 4.69) is 24.5 Å². The van der Waals surface area contributed by atoms with Gasteiger partial charge in [0.05, 0.1) is 0 Å². The van der Waals surface area contributed by atoms with Crippen molar-refractivity contribution in [1.29, 1.82) is 0 Å². The minimum absolute atomic E-state index is 0.821. The highest BCUT2D eigenvalue weighted by Gasteiger charge is 2.25. The van der Waals surface area contributed by atoms with Gasteiger partial charge in [-0.05, 0) is 88.1 Å². The molecule has 4 atom stereocenters. The summed E-state index contributed by atoms with van der Waals surface area (Å²) in [4.78, 5) is 18.0. The molecule has 0 aromatic heterocycles. The van der Waals surface area contributed by atoms with E-state index in [4.69, 9.17) is 19.8 Å². The van der Waals surface area contributed by atoms with Crippen molar-refractivity contribution in [3.63, 3.8) is 0 Å². The number of hydrogen-bond acceptors (Lipinski definition) is 4. The summed E-state index contributed by atoms with van der Waals surface area (Å²) in [7, 11) is 0. The number of carboxylic acids is 2. The summed E-state index contributed by atoms with van der Waals surface area (Å²) in [5.41, 5.74) is 0. The molecule has 0 aromatic rings. The van der Waals surface area contributed by atoms with E-state index < -0.39 is 11.9 Å². The van der Waals surface area contributed by atoms with Crippen LogP contribution >= 0.6 is 0 Å². The van der Waals surface area contributed by atoms with Crippen LogP contribution in [-0.2, 0) is 9.59 Å². The number of nitrogens with one attached hydrogen (secondary N) is 2. The second-order valence-corrected chi connectivity index (χ2v) is 10.7. The Kier molecular flexibility index (Phi) is 14.9. The van der Waals surface area contributed by atoms with Crippen LogP contribution < -0.4 is 10.6 Å². The first-order chi connectivity index (χ1) is 15.2. The van der Waals surface area contributed by atoms with Crippen LogP contribution in [0.2, 0.25) is 0 Å². The molecular formula is C26H50N2O4. The fourth-order valence-corrected chi connectivity index (χ4v) is 5.55. The van der Waals surface area contributed by atoms with Crippen LogP contribution in [0.25, 0.3) is 0 Å². The van der Waals surface area contributed by atoms with Gasteiger partial charge in [0.1, 0.15) is 0 Å². The van der Waals surface area contributed by atoms with Gasteiger partial charge in [0.25, 0.3) is 11.9 Å². The Labute approximate surface area is 196 Å². The van der Waals surface area contributed by atoms with E-state index in [1.165, 1.54) is 90.1 Å². The molecule has 0 spiro atoms. The molecule has 6 nitrogen and oxygen atoms in total. The molecule has 0 radical (unpaired) electrons. The van der Waals surface area contributed by atoms with E-state index in [-0.39, 0.29) is 0 Å². The van der Waals surface area contributed by atoms with Gasteiger partial charge < -0.3 is 20.8 Å². The molecule has 0 saturated heterocycles. The van der Waals surface area contributed by atoms with Gasteiger partial charge in [-0.1, -0.05) is 39.5 Å². The summed E-state index contributed by atoms with van der Waals surface area (Å²) in [5.74, 6) is 2.13. The zero-order valence-corrected chi connectivity index (χ0v) is 21.1. The van der Waals surface area contributed by atoms with Gasteiger partial charge in [-0.2, -0.15) is 0 Å². The Morgan fingerprint density at radius 3 is 1.25 bits per heavy atom. The lowest BCUT2D eigenvalue weighted by Crippen LogP contribution is -2.39. The first-order valence-electron chi connectivity index (χ1n) is 13.0. The van der Waals surface area contributed by atoms with Crippen molar-refractivity contribution < 1.29 is 19.8 Å². The zero-order valence-electron chi connectivity index (χ0n) is 21.1. The normalized spacial score (nSPS) is 32.5. The van der Waals surface area contributed by atoms with E-state index in [0.29, 0.717) is 0 Å². The Hall–Kier alpha value is -1.14. The van der Waals surface area contributed by atoms with Crippen molar-refractivity contribution in [3.05, 3.63) is 0 Å². The molecule has 3 fully saturated rings. The molecule has 32 heavy (non-hydrogen) atoms. The average Bonchev–Trinajstić information content (AvgIpc) is 2.71. The SMILES string of the molecule is CC(=O)O.CC(=O)O.CC1CCCC(NCC2CCC(CNC3CCCC(C)C3)CC2)C1. The molecule has 4 unspecified atom stereocenters. The molecule has 188 valence electrons. The van der Waals surface area contributed by atoms with E-state index in [9.17, 15) is 0 Å². The van der Waals surface area contributed by atoms with Crippen molar-refractivity contribution in [1.82, 2.24) is 10.6 Å². The van der Waals surface area contributed by atoms with Crippen LogP contribution in [0.3, 0.4) is 0 Å². The van der Waals surface area contributed by atoms with E-state index in [1.807, 2.05) is 0 Å². The van der Waals surface area contributed by atoms with E-state index in [1.54, 1.807) is 0 Å². The summed E-state index contributed by atoms with van der Waals surface area (Å²) in [5, 5.41) is 22.7. The quantitative estimate of drug-likeness (QED) is 0.434. The molecule has 0 aliphatic heterocycles. The number of carbonyl (C=O) groups is 2. The summed E-state index contributed by atoms with van der Waals surface area (Å²) in [6.07, 6.45) is 17.3. The van der Waals surface area contributed by atoms with Crippen LogP contribution in [-0.4, -0.2) is 47.3 Å². The molecule has 0 aromatic carbocycles. The number of rotatable bonds is 6.